The minimum atomic E-state index is 0.177. The number of rotatable bonds is 1. The van der Waals surface area contributed by atoms with Crippen LogP contribution in [0.5, 0.6) is 0 Å². The summed E-state index contributed by atoms with van der Waals surface area (Å²) in [5.74, 6) is 0. The van der Waals surface area contributed by atoms with Gasteiger partial charge in [-0.2, -0.15) is 0 Å². The molecule has 0 aromatic heterocycles. The monoisotopic (exact) mass is 213 g/mol. The zero-order valence-electron chi connectivity index (χ0n) is 9.24. The summed E-state index contributed by atoms with van der Waals surface area (Å²) >= 11 is 0. The van der Waals surface area contributed by atoms with Crippen LogP contribution >= 0.6 is 0 Å². The number of piperazine rings is 1. The van der Waals surface area contributed by atoms with Crippen molar-refractivity contribution in [2.75, 3.05) is 46.4 Å². The third kappa shape index (κ3) is 2.41. The molecule has 0 spiro atoms. The lowest BCUT2D eigenvalue weighted by Gasteiger charge is -2.31. The van der Waals surface area contributed by atoms with Gasteiger partial charge in [0.1, 0.15) is 0 Å². The molecule has 1 atom stereocenters. The van der Waals surface area contributed by atoms with E-state index >= 15 is 0 Å². The van der Waals surface area contributed by atoms with Gasteiger partial charge in [0.05, 0.1) is 6.10 Å². The maximum absolute atomic E-state index is 12.0. The summed E-state index contributed by atoms with van der Waals surface area (Å²) < 4.78 is 5.25. The Kier molecular flexibility index (Phi) is 3.43. The summed E-state index contributed by atoms with van der Waals surface area (Å²) in [6.07, 6.45) is 1.20. The first-order chi connectivity index (χ1) is 7.31. The quantitative estimate of drug-likeness (QED) is 0.652. The van der Waals surface area contributed by atoms with Crippen molar-refractivity contribution in [2.24, 2.45) is 0 Å². The number of amides is 2. The molecule has 2 aliphatic heterocycles. The maximum atomic E-state index is 12.0. The number of carbonyl (C=O) groups excluding carboxylic acids is 1. The van der Waals surface area contributed by atoms with Crippen molar-refractivity contribution in [3.05, 3.63) is 0 Å². The molecule has 0 aromatic carbocycles. The number of carbonyl (C=O) groups is 1. The molecule has 0 aromatic rings. The molecule has 0 aliphatic carbocycles. The summed E-state index contributed by atoms with van der Waals surface area (Å²) in [7, 11) is 1.71. The Morgan fingerprint density at radius 1 is 1.27 bits per heavy atom. The second-order valence-corrected chi connectivity index (χ2v) is 4.11. The Morgan fingerprint density at radius 2 is 2.00 bits per heavy atom. The summed E-state index contributed by atoms with van der Waals surface area (Å²) in [5, 5.41) is 3.24. The van der Waals surface area contributed by atoms with E-state index in [1.165, 1.54) is 0 Å². The fourth-order valence-corrected chi connectivity index (χ4v) is 2.15. The van der Waals surface area contributed by atoms with Crippen molar-refractivity contribution >= 4 is 6.03 Å². The zero-order valence-corrected chi connectivity index (χ0v) is 9.24. The normalized spacial score (nSPS) is 27.1. The van der Waals surface area contributed by atoms with Crippen LogP contribution in [0.2, 0.25) is 0 Å². The highest BCUT2D eigenvalue weighted by Crippen LogP contribution is 2.14. The number of nitrogens with one attached hydrogen (secondary N) is 1. The largest absolute Gasteiger partial charge is 0.380 e. The molecule has 2 heterocycles. The molecule has 2 amide bonds. The summed E-state index contributed by atoms with van der Waals surface area (Å²) in [4.78, 5) is 15.9. The molecule has 1 unspecified atom stereocenters. The van der Waals surface area contributed by atoms with Gasteiger partial charge in [-0.1, -0.05) is 0 Å². The molecule has 2 fully saturated rings. The predicted molar refractivity (Wildman–Crippen MR) is 56.8 cm³/mol. The topological polar surface area (TPSA) is 44.8 Å². The fourth-order valence-electron chi connectivity index (χ4n) is 2.15. The van der Waals surface area contributed by atoms with Gasteiger partial charge in [-0.15, -0.1) is 0 Å². The van der Waals surface area contributed by atoms with Crippen molar-refractivity contribution in [1.29, 1.82) is 0 Å². The predicted octanol–water partition coefficient (Wildman–Crippen LogP) is -0.268. The van der Waals surface area contributed by atoms with E-state index in [1.807, 2.05) is 9.80 Å². The van der Waals surface area contributed by atoms with Gasteiger partial charge in [-0.05, 0) is 6.42 Å². The Bertz CT molecular complexity index is 229. The average Bonchev–Trinajstić information content (AvgIpc) is 2.78. The lowest BCUT2D eigenvalue weighted by atomic mass is 10.3. The molecular formula is C10H19N3O2. The standard InChI is InChI=1S/C10H19N3O2/c1-15-9-2-5-13(8-9)10(14)12-6-3-11-4-7-12/h9,11H,2-8H2,1H3. The number of hydrogen-bond acceptors (Lipinski definition) is 3. The maximum Gasteiger partial charge on any atom is 0.320 e. The Labute approximate surface area is 90.4 Å². The first kappa shape index (κ1) is 10.7. The second kappa shape index (κ2) is 4.81. The van der Waals surface area contributed by atoms with E-state index in [0.717, 1.165) is 45.7 Å². The van der Waals surface area contributed by atoms with Crippen LogP contribution in [-0.4, -0.2) is 68.3 Å². The second-order valence-electron chi connectivity index (χ2n) is 4.11. The van der Waals surface area contributed by atoms with Crippen molar-refractivity contribution < 1.29 is 9.53 Å². The fraction of sp³-hybridized carbons (Fsp3) is 0.900. The number of methoxy groups -OCH3 is 1. The van der Waals surface area contributed by atoms with E-state index in [0.29, 0.717) is 0 Å². The lowest BCUT2D eigenvalue weighted by Crippen LogP contribution is -2.51. The number of ether oxygens (including phenoxy) is 1. The van der Waals surface area contributed by atoms with E-state index in [1.54, 1.807) is 7.11 Å². The van der Waals surface area contributed by atoms with Crippen molar-refractivity contribution in [1.82, 2.24) is 15.1 Å². The van der Waals surface area contributed by atoms with Crippen LogP contribution in [-0.2, 0) is 4.74 Å². The number of urea groups is 1. The molecule has 1 N–H and O–H groups in total. The first-order valence-electron chi connectivity index (χ1n) is 5.58. The Morgan fingerprint density at radius 3 is 2.60 bits per heavy atom. The summed E-state index contributed by atoms with van der Waals surface area (Å²) in [6.45, 7) is 5.06. The van der Waals surface area contributed by atoms with Gasteiger partial charge in [-0.25, -0.2) is 4.79 Å². The minimum Gasteiger partial charge on any atom is -0.380 e. The highest BCUT2D eigenvalue weighted by atomic mass is 16.5. The minimum absolute atomic E-state index is 0.177. The van der Waals surface area contributed by atoms with E-state index in [9.17, 15) is 4.79 Å². The van der Waals surface area contributed by atoms with Crippen LogP contribution in [0.1, 0.15) is 6.42 Å². The molecule has 86 valence electrons. The van der Waals surface area contributed by atoms with Crippen molar-refractivity contribution in [2.45, 2.75) is 12.5 Å². The number of hydrogen-bond donors (Lipinski definition) is 1. The molecule has 2 rings (SSSR count). The Hall–Kier alpha value is -0.810. The van der Waals surface area contributed by atoms with E-state index in [2.05, 4.69) is 5.32 Å². The van der Waals surface area contributed by atoms with Gasteiger partial charge < -0.3 is 19.9 Å². The van der Waals surface area contributed by atoms with Crippen LogP contribution < -0.4 is 5.32 Å². The van der Waals surface area contributed by atoms with Crippen LogP contribution in [0, 0.1) is 0 Å². The molecule has 5 nitrogen and oxygen atoms in total. The highest BCUT2D eigenvalue weighted by molar-refractivity contribution is 5.75. The van der Waals surface area contributed by atoms with E-state index in [-0.39, 0.29) is 12.1 Å². The van der Waals surface area contributed by atoms with Gasteiger partial charge >= 0.3 is 6.03 Å². The molecule has 5 heteroatoms. The third-order valence-corrected chi connectivity index (χ3v) is 3.14. The molecule has 0 bridgehead atoms. The van der Waals surface area contributed by atoms with Gasteiger partial charge in [0.2, 0.25) is 0 Å². The number of likely N-dealkylation sites (tertiary alicyclic amines) is 1. The third-order valence-electron chi connectivity index (χ3n) is 3.14. The molecular weight excluding hydrogens is 194 g/mol. The van der Waals surface area contributed by atoms with Gasteiger partial charge in [-0.3, -0.25) is 0 Å². The lowest BCUT2D eigenvalue weighted by molar-refractivity contribution is 0.104. The smallest absolute Gasteiger partial charge is 0.320 e. The molecule has 0 saturated carbocycles. The van der Waals surface area contributed by atoms with Gasteiger partial charge in [0, 0.05) is 46.4 Å². The van der Waals surface area contributed by atoms with Gasteiger partial charge in [0.15, 0.2) is 0 Å². The molecule has 2 saturated heterocycles. The van der Waals surface area contributed by atoms with Crippen molar-refractivity contribution in [3.63, 3.8) is 0 Å². The van der Waals surface area contributed by atoms with Crippen LogP contribution in [0.25, 0.3) is 0 Å². The van der Waals surface area contributed by atoms with Crippen LogP contribution in [0.4, 0.5) is 4.79 Å². The van der Waals surface area contributed by atoms with Gasteiger partial charge in [0.25, 0.3) is 0 Å². The van der Waals surface area contributed by atoms with Crippen LogP contribution in [0.3, 0.4) is 0 Å². The SMILES string of the molecule is COC1CCN(C(=O)N2CCNCC2)C1. The van der Waals surface area contributed by atoms with E-state index < -0.39 is 0 Å². The zero-order chi connectivity index (χ0) is 10.7. The summed E-state index contributed by atoms with van der Waals surface area (Å²) in [6, 6.07) is 0.177. The first-order valence-corrected chi connectivity index (χ1v) is 5.58. The molecule has 0 radical (unpaired) electrons. The Balaban J connectivity index is 1.85. The van der Waals surface area contributed by atoms with Crippen molar-refractivity contribution in [3.8, 4) is 0 Å². The molecule has 15 heavy (non-hydrogen) atoms. The number of nitrogens with zero attached hydrogens (tertiary/aromatic N) is 2. The summed E-state index contributed by atoms with van der Waals surface area (Å²) in [5.41, 5.74) is 0. The average molecular weight is 213 g/mol. The highest BCUT2D eigenvalue weighted by Gasteiger charge is 2.29. The molecule has 2 aliphatic rings. The van der Waals surface area contributed by atoms with E-state index in [4.69, 9.17) is 4.74 Å². The van der Waals surface area contributed by atoms with Crippen LogP contribution in [0.15, 0.2) is 0 Å².